The second-order valence-electron chi connectivity index (χ2n) is 7.79. The van der Waals surface area contributed by atoms with Crippen LogP contribution in [0.15, 0.2) is 83.9 Å². The van der Waals surface area contributed by atoms with Gasteiger partial charge in [0.15, 0.2) is 0 Å². The number of rotatable bonds is 8. The second-order valence-corrected chi connectivity index (χ2v) is 9.19. The maximum absolute atomic E-state index is 12.5. The largest absolute Gasteiger partial charge is 0.489 e. The first-order valence-corrected chi connectivity index (χ1v) is 12.4. The fourth-order valence-corrected chi connectivity index (χ4v) is 4.44. The van der Waals surface area contributed by atoms with Gasteiger partial charge in [0, 0.05) is 16.3 Å². The summed E-state index contributed by atoms with van der Waals surface area (Å²) in [4.78, 5) is 16.7. The van der Waals surface area contributed by atoms with E-state index in [0.717, 1.165) is 17.3 Å². The molecule has 4 aromatic rings. The minimum absolute atomic E-state index is 0.0125. The van der Waals surface area contributed by atoms with Crippen molar-refractivity contribution in [3.63, 3.8) is 0 Å². The predicted molar refractivity (Wildman–Crippen MR) is 145 cm³/mol. The molecule has 3 aromatic carbocycles. The van der Waals surface area contributed by atoms with E-state index in [-0.39, 0.29) is 33.6 Å². The molecule has 1 heterocycles. The van der Waals surface area contributed by atoms with Gasteiger partial charge < -0.3 is 15.8 Å². The van der Waals surface area contributed by atoms with Crippen LogP contribution in [0, 0.1) is 22.7 Å². The van der Waals surface area contributed by atoms with E-state index in [4.69, 9.17) is 22.1 Å². The van der Waals surface area contributed by atoms with Crippen molar-refractivity contribution in [1.82, 2.24) is 4.98 Å². The number of nitrogens with two attached hydrogens (primary N) is 1. The van der Waals surface area contributed by atoms with Gasteiger partial charge in [0.1, 0.15) is 40.9 Å². The van der Waals surface area contributed by atoms with Crippen LogP contribution in [-0.2, 0) is 11.4 Å². The summed E-state index contributed by atoms with van der Waals surface area (Å²) in [6.45, 7) is 0.411. The fraction of sp³-hybridized carbons (Fsp3) is 0.0714. The summed E-state index contributed by atoms with van der Waals surface area (Å²) in [7, 11) is 0. The molecule has 0 radical (unpaired) electrons. The van der Waals surface area contributed by atoms with Gasteiger partial charge in [0.2, 0.25) is 5.91 Å². The van der Waals surface area contributed by atoms with Crippen molar-refractivity contribution >= 4 is 40.8 Å². The number of amides is 1. The molecule has 0 bridgehead atoms. The molecule has 0 aliphatic heterocycles. The molecule has 1 aromatic heterocycles. The Morgan fingerprint density at radius 1 is 0.973 bits per heavy atom. The highest BCUT2D eigenvalue weighted by atomic mass is 35.5. The Kier molecular flexibility index (Phi) is 8.27. The lowest BCUT2D eigenvalue weighted by atomic mass is 9.97. The lowest BCUT2D eigenvalue weighted by Crippen LogP contribution is -2.14. The van der Waals surface area contributed by atoms with Gasteiger partial charge >= 0.3 is 0 Å². The SMILES string of the molecule is N#Cc1c(N)nc(SCC(=O)Nc2ccc(Cl)cc2)c(C#N)c1-c1ccc(OCc2ccccc2)cc1. The minimum Gasteiger partial charge on any atom is -0.489 e. The van der Waals surface area contributed by atoms with Crippen LogP contribution in [0.5, 0.6) is 5.75 Å². The zero-order chi connectivity index (χ0) is 26.2. The number of hydrogen-bond acceptors (Lipinski definition) is 7. The van der Waals surface area contributed by atoms with Gasteiger partial charge in [-0.2, -0.15) is 10.5 Å². The molecule has 4 rings (SSSR count). The summed E-state index contributed by atoms with van der Waals surface area (Å²) in [5.74, 6) is 0.325. The first-order chi connectivity index (χ1) is 18.0. The highest BCUT2D eigenvalue weighted by molar-refractivity contribution is 8.00. The number of carbonyl (C=O) groups is 1. The molecule has 182 valence electrons. The molecule has 0 spiro atoms. The Labute approximate surface area is 223 Å². The number of aromatic nitrogens is 1. The molecular formula is C28H20ClN5O2S. The zero-order valence-electron chi connectivity index (χ0n) is 19.4. The summed E-state index contributed by atoms with van der Waals surface area (Å²) >= 11 is 6.95. The number of thioether (sulfide) groups is 1. The molecule has 1 amide bonds. The minimum atomic E-state index is -0.289. The Morgan fingerprint density at radius 2 is 1.65 bits per heavy atom. The molecule has 0 aliphatic carbocycles. The number of nitrogens with zero attached hydrogens (tertiary/aromatic N) is 3. The molecule has 0 fully saturated rings. The fourth-order valence-electron chi connectivity index (χ4n) is 3.51. The van der Waals surface area contributed by atoms with Crippen LogP contribution < -0.4 is 15.8 Å². The maximum atomic E-state index is 12.5. The highest BCUT2D eigenvalue weighted by Crippen LogP contribution is 2.36. The van der Waals surface area contributed by atoms with Gasteiger partial charge in [-0.15, -0.1) is 0 Å². The molecule has 0 saturated heterocycles. The van der Waals surface area contributed by atoms with E-state index in [0.29, 0.717) is 34.2 Å². The topological polar surface area (TPSA) is 125 Å². The van der Waals surface area contributed by atoms with Crippen LogP contribution in [0.4, 0.5) is 11.5 Å². The Balaban J connectivity index is 1.55. The molecule has 0 unspecified atom stereocenters. The second kappa shape index (κ2) is 12.0. The summed E-state index contributed by atoms with van der Waals surface area (Å²) < 4.78 is 5.84. The van der Waals surface area contributed by atoms with E-state index in [1.807, 2.05) is 30.3 Å². The Hall–Kier alpha value is -4.50. The summed E-state index contributed by atoms with van der Waals surface area (Å²) in [5, 5.41) is 23.3. The van der Waals surface area contributed by atoms with E-state index < -0.39 is 0 Å². The number of ether oxygens (including phenoxy) is 1. The number of anilines is 2. The molecule has 3 N–H and O–H groups in total. The maximum Gasteiger partial charge on any atom is 0.234 e. The summed E-state index contributed by atoms with van der Waals surface area (Å²) in [5.41, 5.74) is 8.97. The lowest BCUT2D eigenvalue weighted by molar-refractivity contribution is -0.113. The van der Waals surface area contributed by atoms with Gasteiger partial charge in [-0.25, -0.2) is 4.98 Å². The summed E-state index contributed by atoms with van der Waals surface area (Å²) in [6, 6.07) is 27.8. The highest BCUT2D eigenvalue weighted by Gasteiger charge is 2.21. The van der Waals surface area contributed by atoms with Crippen LogP contribution >= 0.6 is 23.4 Å². The van der Waals surface area contributed by atoms with Crippen molar-refractivity contribution in [2.45, 2.75) is 11.6 Å². The molecule has 9 heteroatoms. The van der Waals surface area contributed by atoms with Gasteiger partial charge in [-0.3, -0.25) is 4.79 Å². The summed E-state index contributed by atoms with van der Waals surface area (Å²) in [6.07, 6.45) is 0. The standard InChI is InChI=1S/C28H20ClN5O2S/c29-20-8-10-21(11-9-20)33-25(35)17-37-28-24(15-31)26(23(14-30)27(32)34-28)19-6-12-22(13-7-19)36-16-18-4-2-1-3-5-18/h1-13H,16-17H2,(H2,32,34)(H,33,35). The molecule has 37 heavy (non-hydrogen) atoms. The predicted octanol–water partition coefficient (Wildman–Crippen LogP) is 6.04. The molecule has 0 atom stereocenters. The van der Waals surface area contributed by atoms with Crippen molar-refractivity contribution in [3.8, 4) is 29.0 Å². The first-order valence-electron chi connectivity index (χ1n) is 11.1. The number of nitriles is 2. The zero-order valence-corrected chi connectivity index (χ0v) is 21.0. The van der Waals surface area contributed by atoms with Crippen molar-refractivity contribution in [2.75, 3.05) is 16.8 Å². The molecular weight excluding hydrogens is 506 g/mol. The van der Waals surface area contributed by atoms with Gasteiger partial charge in [-0.1, -0.05) is 65.8 Å². The third-order valence-corrected chi connectivity index (χ3v) is 6.50. The Morgan fingerprint density at radius 3 is 2.30 bits per heavy atom. The number of halogens is 1. The van der Waals surface area contributed by atoms with Gasteiger partial charge in [-0.05, 0) is 47.5 Å². The van der Waals surface area contributed by atoms with E-state index in [2.05, 4.69) is 22.4 Å². The van der Waals surface area contributed by atoms with Crippen LogP contribution in [0.2, 0.25) is 5.02 Å². The van der Waals surface area contributed by atoms with Gasteiger partial charge in [0.05, 0.1) is 11.3 Å². The van der Waals surface area contributed by atoms with Gasteiger partial charge in [0.25, 0.3) is 0 Å². The third kappa shape index (κ3) is 6.39. The quantitative estimate of drug-likeness (QED) is 0.269. The third-order valence-electron chi connectivity index (χ3n) is 5.27. The van der Waals surface area contributed by atoms with Crippen LogP contribution in [0.25, 0.3) is 11.1 Å². The van der Waals surface area contributed by atoms with Crippen molar-refractivity contribution in [2.24, 2.45) is 0 Å². The van der Waals surface area contributed by atoms with Crippen LogP contribution in [-0.4, -0.2) is 16.6 Å². The average Bonchev–Trinajstić information content (AvgIpc) is 2.92. The van der Waals surface area contributed by atoms with Crippen LogP contribution in [0.3, 0.4) is 0 Å². The number of benzene rings is 3. The lowest BCUT2D eigenvalue weighted by Gasteiger charge is -2.14. The van der Waals surface area contributed by atoms with E-state index in [9.17, 15) is 15.3 Å². The van der Waals surface area contributed by atoms with E-state index >= 15 is 0 Å². The molecule has 0 aliphatic rings. The Bertz CT molecular complexity index is 1500. The monoisotopic (exact) mass is 525 g/mol. The number of pyridine rings is 1. The molecule has 0 saturated carbocycles. The first kappa shape index (κ1) is 25.6. The van der Waals surface area contributed by atoms with E-state index in [1.54, 1.807) is 48.5 Å². The number of nitrogen functional groups attached to an aromatic ring is 1. The molecule has 7 nitrogen and oxygen atoms in total. The normalized spacial score (nSPS) is 10.2. The van der Waals surface area contributed by atoms with E-state index in [1.165, 1.54) is 0 Å². The number of carbonyl (C=O) groups excluding carboxylic acids is 1. The van der Waals surface area contributed by atoms with Crippen molar-refractivity contribution in [1.29, 1.82) is 10.5 Å². The van der Waals surface area contributed by atoms with Crippen molar-refractivity contribution < 1.29 is 9.53 Å². The number of nitrogens with one attached hydrogen (secondary N) is 1. The van der Waals surface area contributed by atoms with Crippen LogP contribution in [0.1, 0.15) is 16.7 Å². The smallest absolute Gasteiger partial charge is 0.234 e. The van der Waals surface area contributed by atoms with Crippen molar-refractivity contribution in [3.05, 3.63) is 101 Å². The average molecular weight is 526 g/mol. The number of hydrogen-bond donors (Lipinski definition) is 2.